The lowest BCUT2D eigenvalue weighted by Crippen LogP contribution is -2.51. The number of carbonyl (C=O) groups excluding carboxylic acids is 2. The van der Waals surface area contributed by atoms with Crippen molar-refractivity contribution >= 4 is 35.0 Å². The van der Waals surface area contributed by atoms with Crippen molar-refractivity contribution in [2.24, 2.45) is 0 Å². The third-order valence-corrected chi connectivity index (χ3v) is 6.59. The van der Waals surface area contributed by atoms with E-state index in [4.69, 9.17) is 27.9 Å². The lowest BCUT2D eigenvalue weighted by molar-refractivity contribution is -0.142. The molecule has 0 radical (unpaired) electrons. The van der Waals surface area contributed by atoms with Crippen LogP contribution in [0.1, 0.15) is 43.4 Å². The molecule has 2 amide bonds. The van der Waals surface area contributed by atoms with Crippen LogP contribution < -0.4 is 10.1 Å². The number of halogens is 2. The number of rotatable bonds is 11. The molecule has 0 heterocycles. The molecule has 3 rings (SSSR count). The molecule has 3 aromatic rings. The van der Waals surface area contributed by atoms with Crippen LogP contribution in [0.15, 0.2) is 72.8 Å². The van der Waals surface area contributed by atoms with Crippen LogP contribution in [0.25, 0.3) is 0 Å². The zero-order valence-corrected chi connectivity index (χ0v) is 22.4. The molecule has 0 saturated heterocycles. The van der Waals surface area contributed by atoms with Crippen LogP contribution >= 0.6 is 23.2 Å². The molecule has 0 spiro atoms. The summed E-state index contributed by atoms with van der Waals surface area (Å²) in [6, 6.07) is 21.8. The Morgan fingerprint density at radius 2 is 1.61 bits per heavy atom. The number of amides is 2. The van der Waals surface area contributed by atoms with Crippen LogP contribution in [-0.2, 0) is 22.6 Å². The number of hydrogen-bond donors (Lipinski definition) is 1. The molecule has 0 aliphatic carbocycles. The smallest absolute Gasteiger partial charge is 0.261 e. The fraction of sp³-hybridized carbons (Fsp3) is 0.310. The SMILES string of the molecule is CCNC(=O)[C@H](Cc1ccccc1)N(Cc1ccc(Cl)c(Cl)c1)C(=O)COc1ccccc1C(C)C. The molecule has 0 aromatic heterocycles. The molecule has 0 unspecified atom stereocenters. The normalized spacial score (nSPS) is 11.7. The van der Waals surface area contributed by atoms with E-state index in [1.165, 1.54) is 0 Å². The Labute approximate surface area is 223 Å². The van der Waals surface area contributed by atoms with Gasteiger partial charge >= 0.3 is 0 Å². The summed E-state index contributed by atoms with van der Waals surface area (Å²) in [4.78, 5) is 28.5. The number of carbonyl (C=O) groups is 2. The topological polar surface area (TPSA) is 58.6 Å². The molecule has 3 aromatic carbocycles. The maximum absolute atomic E-state index is 13.7. The number of nitrogens with one attached hydrogen (secondary N) is 1. The first-order valence-electron chi connectivity index (χ1n) is 12.1. The molecule has 1 atom stereocenters. The molecular weight excluding hydrogens is 495 g/mol. The minimum atomic E-state index is -0.738. The molecule has 7 heteroatoms. The highest BCUT2D eigenvalue weighted by Gasteiger charge is 2.30. The summed E-state index contributed by atoms with van der Waals surface area (Å²) in [6.45, 7) is 6.44. The molecular formula is C29H32Cl2N2O3. The van der Waals surface area contributed by atoms with Crippen LogP contribution in [0.3, 0.4) is 0 Å². The number of likely N-dealkylation sites (N-methyl/N-ethyl adjacent to an activating group) is 1. The van der Waals surface area contributed by atoms with Gasteiger partial charge in [-0.25, -0.2) is 0 Å². The third-order valence-electron chi connectivity index (χ3n) is 5.85. The van der Waals surface area contributed by atoms with Crippen molar-refractivity contribution in [2.75, 3.05) is 13.2 Å². The quantitative estimate of drug-likeness (QED) is 0.320. The van der Waals surface area contributed by atoms with Crippen LogP contribution in [0.2, 0.25) is 10.0 Å². The zero-order valence-electron chi connectivity index (χ0n) is 20.8. The van der Waals surface area contributed by atoms with Gasteiger partial charge in [0.15, 0.2) is 6.61 Å². The van der Waals surface area contributed by atoms with Gasteiger partial charge < -0.3 is 15.0 Å². The molecule has 5 nitrogen and oxygen atoms in total. The molecule has 0 bridgehead atoms. The van der Waals surface area contributed by atoms with E-state index in [0.717, 1.165) is 16.7 Å². The highest BCUT2D eigenvalue weighted by atomic mass is 35.5. The largest absolute Gasteiger partial charge is 0.483 e. The number of nitrogens with zero attached hydrogens (tertiary/aromatic N) is 1. The minimum Gasteiger partial charge on any atom is -0.483 e. The van der Waals surface area contributed by atoms with Gasteiger partial charge in [-0.3, -0.25) is 9.59 Å². The van der Waals surface area contributed by atoms with Crippen LogP contribution in [-0.4, -0.2) is 35.9 Å². The number of hydrogen-bond acceptors (Lipinski definition) is 3. The van der Waals surface area contributed by atoms with E-state index in [1.807, 2.05) is 61.5 Å². The first-order valence-corrected chi connectivity index (χ1v) is 12.8. The second-order valence-corrected chi connectivity index (χ2v) is 9.67. The summed E-state index contributed by atoms with van der Waals surface area (Å²) >= 11 is 12.3. The number of para-hydroxylation sites is 1. The van der Waals surface area contributed by atoms with Gasteiger partial charge in [0.1, 0.15) is 11.8 Å². The third kappa shape index (κ3) is 7.49. The monoisotopic (exact) mass is 526 g/mol. The van der Waals surface area contributed by atoms with Gasteiger partial charge in [0.05, 0.1) is 10.0 Å². The number of benzene rings is 3. The molecule has 190 valence electrons. The van der Waals surface area contributed by atoms with E-state index in [-0.39, 0.29) is 30.9 Å². The van der Waals surface area contributed by atoms with Crippen molar-refractivity contribution in [3.8, 4) is 5.75 Å². The van der Waals surface area contributed by atoms with Gasteiger partial charge in [-0.1, -0.05) is 91.6 Å². The van der Waals surface area contributed by atoms with Crippen molar-refractivity contribution in [1.82, 2.24) is 10.2 Å². The Hall–Kier alpha value is -3.02. The first kappa shape index (κ1) is 27.6. The highest BCUT2D eigenvalue weighted by Crippen LogP contribution is 2.27. The van der Waals surface area contributed by atoms with Gasteiger partial charge in [-0.2, -0.15) is 0 Å². The Kier molecular flexibility index (Phi) is 10.2. The average molecular weight is 527 g/mol. The molecule has 0 aliphatic rings. The second kappa shape index (κ2) is 13.3. The van der Waals surface area contributed by atoms with Crippen molar-refractivity contribution in [3.63, 3.8) is 0 Å². The summed E-state index contributed by atoms with van der Waals surface area (Å²) in [5, 5.41) is 3.70. The summed E-state index contributed by atoms with van der Waals surface area (Å²) in [6.07, 6.45) is 0.363. The zero-order chi connectivity index (χ0) is 26.1. The van der Waals surface area contributed by atoms with E-state index >= 15 is 0 Å². The fourth-order valence-corrected chi connectivity index (χ4v) is 4.31. The van der Waals surface area contributed by atoms with Gasteiger partial charge in [0.2, 0.25) is 5.91 Å². The van der Waals surface area contributed by atoms with E-state index in [2.05, 4.69) is 19.2 Å². The Morgan fingerprint density at radius 3 is 2.28 bits per heavy atom. The first-order chi connectivity index (χ1) is 17.3. The van der Waals surface area contributed by atoms with Crippen molar-refractivity contribution in [2.45, 2.75) is 45.7 Å². The van der Waals surface area contributed by atoms with E-state index in [0.29, 0.717) is 28.8 Å². The molecule has 1 N–H and O–H groups in total. The standard InChI is InChI=1S/C29H32Cl2N2O3/c1-4-32-29(35)26(17-21-10-6-5-7-11-21)33(18-22-14-15-24(30)25(31)16-22)28(34)19-36-27-13-9-8-12-23(27)20(2)3/h5-16,20,26H,4,17-19H2,1-3H3,(H,32,35)/t26-/m0/s1. The van der Waals surface area contributed by atoms with Crippen LogP contribution in [0.5, 0.6) is 5.75 Å². The maximum Gasteiger partial charge on any atom is 0.261 e. The van der Waals surface area contributed by atoms with Crippen LogP contribution in [0.4, 0.5) is 0 Å². The second-order valence-electron chi connectivity index (χ2n) is 8.85. The van der Waals surface area contributed by atoms with Crippen molar-refractivity contribution in [3.05, 3.63) is 99.5 Å². The predicted molar refractivity (Wildman–Crippen MR) is 146 cm³/mol. The van der Waals surface area contributed by atoms with Gasteiger partial charge in [0.25, 0.3) is 5.91 Å². The predicted octanol–water partition coefficient (Wildman–Crippen LogP) is 6.27. The minimum absolute atomic E-state index is 0.180. The summed E-state index contributed by atoms with van der Waals surface area (Å²) in [5.74, 6) is 0.377. The fourth-order valence-electron chi connectivity index (χ4n) is 3.99. The molecule has 0 saturated carbocycles. The summed E-state index contributed by atoms with van der Waals surface area (Å²) in [7, 11) is 0. The Balaban J connectivity index is 1.93. The lowest BCUT2D eigenvalue weighted by atomic mass is 10.0. The highest BCUT2D eigenvalue weighted by molar-refractivity contribution is 6.42. The molecule has 0 aliphatic heterocycles. The maximum atomic E-state index is 13.7. The van der Waals surface area contributed by atoms with Gasteiger partial charge in [0, 0.05) is 19.5 Å². The summed E-state index contributed by atoms with van der Waals surface area (Å²) in [5.41, 5.74) is 2.74. The van der Waals surface area contributed by atoms with Gasteiger partial charge in [-0.15, -0.1) is 0 Å². The Morgan fingerprint density at radius 1 is 0.917 bits per heavy atom. The van der Waals surface area contributed by atoms with Gasteiger partial charge in [-0.05, 0) is 47.7 Å². The van der Waals surface area contributed by atoms with Crippen LogP contribution in [0, 0.1) is 0 Å². The van der Waals surface area contributed by atoms with Crippen molar-refractivity contribution in [1.29, 1.82) is 0 Å². The lowest BCUT2D eigenvalue weighted by Gasteiger charge is -2.31. The van der Waals surface area contributed by atoms with E-state index < -0.39 is 6.04 Å². The molecule has 0 fully saturated rings. The Bertz CT molecular complexity index is 1170. The van der Waals surface area contributed by atoms with Crippen molar-refractivity contribution < 1.29 is 14.3 Å². The average Bonchev–Trinajstić information content (AvgIpc) is 2.87. The molecule has 36 heavy (non-hydrogen) atoms. The van der Waals surface area contributed by atoms with E-state index in [1.54, 1.807) is 23.1 Å². The van der Waals surface area contributed by atoms with E-state index in [9.17, 15) is 9.59 Å². The summed E-state index contributed by atoms with van der Waals surface area (Å²) < 4.78 is 5.99. The number of ether oxygens (including phenoxy) is 1.